The highest BCUT2D eigenvalue weighted by Gasteiger charge is 2.29. The van der Waals surface area contributed by atoms with E-state index in [1.54, 1.807) is 4.90 Å². The molecular formula is C18H27N3O4. The second-order valence-corrected chi connectivity index (χ2v) is 7.23. The zero-order chi connectivity index (χ0) is 18.0. The summed E-state index contributed by atoms with van der Waals surface area (Å²) in [4.78, 5) is 30.2. The van der Waals surface area contributed by atoms with Crippen LogP contribution in [-0.4, -0.2) is 48.1 Å². The van der Waals surface area contributed by atoms with Gasteiger partial charge in [-0.15, -0.1) is 0 Å². The van der Waals surface area contributed by atoms with Crippen LogP contribution in [0.5, 0.6) is 0 Å². The van der Waals surface area contributed by atoms with E-state index in [4.69, 9.17) is 9.15 Å². The SMILES string of the molecule is COC(=O)N1CCC(C(C)NC(=O)c2oc(CC3CC3)nc2C)CC1. The van der Waals surface area contributed by atoms with Crippen LogP contribution in [0.2, 0.25) is 0 Å². The molecule has 2 amide bonds. The summed E-state index contributed by atoms with van der Waals surface area (Å²) >= 11 is 0. The minimum atomic E-state index is -0.282. The number of likely N-dealkylation sites (tertiary alicyclic amines) is 1. The molecule has 0 bridgehead atoms. The van der Waals surface area contributed by atoms with Gasteiger partial charge in [0.2, 0.25) is 5.76 Å². The fourth-order valence-electron chi connectivity index (χ4n) is 3.42. The van der Waals surface area contributed by atoms with E-state index in [1.165, 1.54) is 20.0 Å². The molecule has 1 saturated carbocycles. The maximum absolute atomic E-state index is 12.5. The van der Waals surface area contributed by atoms with Crippen LogP contribution in [0, 0.1) is 18.8 Å². The van der Waals surface area contributed by atoms with Crippen molar-refractivity contribution in [3.8, 4) is 0 Å². The average Bonchev–Trinajstić information content (AvgIpc) is 3.34. The highest BCUT2D eigenvalue weighted by molar-refractivity contribution is 5.92. The van der Waals surface area contributed by atoms with Gasteiger partial charge < -0.3 is 19.4 Å². The molecule has 1 aliphatic carbocycles. The summed E-state index contributed by atoms with van der Waals surface area (Å²) in [6.45, 7) is 5.14. The van der Waals surface area contributed by atoms with Gasteiger partial charge in [-0.3, -0.25) is 4.79 Å². The topological polar surface area (TPSA) is 84.7 Å². The first-order valence-corrected chi connectivity index (χ1v) is 9.08. The fraction of sp³-hybridized carbons (Fsp3) is 0.722. The molecule has 1 N–H and O–H groups in total. The zero-order valence-electron chi connectivity index (χ0n) is 15.2. The Labute approximate surface area is 148 Å². The van der Waals surface area contributed by atoms with Gasteiger partial charge in [0.25, 0.3) is 5.91 Å². The molecule has 1 aromatic heterocycles. The summed E-state index contributed by atoms with van der Waals surface area (Å²) in [6.07, 6.45) is 4.69. The molecule has 25 heavy (non-hydrogen) atoms. The Balaban J connectivity index is 1.52. The smallest absolute Gasteiger partial charge is 0.409 e. The first-order valence-electron chi connectivity index (χ1n) is 9.08. The van der Waals surface area contributed by atoms with Gasteiger partial charge in [0.1, 0.15) is 0 Å². The highest BCUT2D eigenvalue weighted by Crippen LogP contribution is 2.32. The number of hydrogen-bond donors (Lipinski definition) is 1. The van der Waals surface area contributed by atoms with E-state index in [0.29, 0.717) is 42.3 Å². The van der Waals surface area contributed by atoms with Gasteiger partial charge >= 0.3 is 6.09 Å². The van der Waals surface area contributed by atoms with Crippen LogP contribution in [0.1, 0.15) is 54.7 Å². The molecule has 1 saturated heterocycles. The van der Waals surface area contributed by atoms with Crippen LogP contribution >= 0.6 is 0 Å². The van der Waals surface area contributed by atoms with Crippen LogP contribution in [0.15, 0.2) is 4.42 Å². The third-order valence-electron chi connectivity index (χ3n) is 5.25. The fourth-order valence-corrected chi connectivity index (χ4v) is 3.42. The highest BCUT2D eigenvalue weighted by atomic mass is 16.5. The summed E-state index contributed by atoms with van der Waals surface area (Å²) in [5.74, 6) is 1.81. The van der Waals surface area contributed by atoms with E-state index in [1.807, 2.05) is 13.8 Å². The van der Waals surface area contributed by atoms with Gasteiger partial charge in [-0.05, 0) is 51.4 Å². The van der Waals surface area contributed by atoms with Crippen molar-refractivity contribution in [1.82, 2.24) is 15.2 Å². The second kappa shape index (κ2) is 7.45. The summed E-state index contributed by atoms with van der Waals surface area (Å²) in [6, 6.07) is 0.0173. The van der Waals surface area contributed by atoms with Crippen molar-refractivity contribution in [2.24, 2.45) is 11.8 Å². The third kappa shape index (κ3) is 4.32. The van der Waals surface area contributed by atoms with Gasteiger partial charge in [-0.1, -0.05) is 0 Å². The lowest BCUT2D eigenvalue weighted by Crippen LogP contribution is -2.45. The molecule has 2 heterocycles. The number of piperidine rings is 1. The standard InChI is InChI=1S/C18H27N3O4/c1-11(14-6-8-21(9-7-14)18(23)24-3)20-17(22)16-12(2)19-15(25-16)10-13-4-5-13/h11,13-14H,4-10H2,1-3H3,(H,20,22). The van der Waals surface area contributed by atoms with Crippen LogP contribution < -0.4 is 5.32 Å². The Morgan fingerprint density at radius 3 is 2.60 bits per heavy atom. The lowest BCUT2D eigenvalue weighted by Gasteiger charge is -2.34. The van der Waals surface area contributed by atoms with Gasteiger partial charge in [0, 0.05) is 25.6 Å². The predicted molar refractivity (Wildman–Crippen MR) is 91.3 cm³/mol. The van der Waals surface area contributed by atoms with Crippen molar-refractivity contribution >= 4 is 12.0 Å². The maximum Gasteiger partial charge on any atom is 0.409 e. The van der Waals surface area contributed by atoms with Crippen molar-refractivity contribution < 1.29 is 18.7 Å². The molecule has 2 aliphatic rings. The number of aryl methyl sites for hydroxylation is 1. The van der Waals surface area contributed by atoms with E-state index in [0.717, 1.165) is 19.3 Å². The Morgan fingerprint density at radius 1 is 1.32 bits per heavy atom. The molecular weight excluding hydrogens is 322 g/mol. The molecule has 3 rings (SSSR count). The molecule has 7 nitrogen and oxygen atoms in total. The summed E-state index contributed by atoms with van der Waals surface area (Å²) < 4.78 is 10.4. The number of nitrogens with one attached hydrogen (secondary N) is 1. The minimum absolute atomic E-state index is 0.0173. The van der Waals surface area contributed by atoms with Crippen molar-refractivity contribution in [2.75, 3.05) is 20.2 Å². The average molecular weight is 349 g/mol. The number of carbonyl (C=O) groups excluding carboxylic acids is 2. The number of aromatic nitrogens is 1. The molecule has 2 fully saturated rings. The Morgan fingerprint density at radius 2 is 2.00 bits per heavy atom. The zero-order valence-corrected chi connectivity index (χ0v) is 15.2. The number of oxazole rings is 1. The predicted octanol–water partition coefficient (Wildman–Crippen LogP) is 2.53. The molecule has 0 aromatic carbocycles. The summed E-state index contributed by atoms with van der Waals surface area (Å²) in [7, 11) is 1.40. The molecule has 1 atom stereocenters. The van der Waals surface area contributed by atoms with E-state index < -0.39 is 0 Å². The molecule has 1 aliphatic heterocycles. The van der Waals surface area contributed by atoms with Crippen molar-refractivity contribution in [3.05, 3.63) is 17.3 Å². The lowest BCUT2D eigenvalue weighted by molar-refractivity contribution is 0.0843. The minimum Gasteiger partial charge on any atom is -0.453 e. The van der Waals surface area contributed by atoms with Crippen LogP contribution in [0.4, 0.5) is 4.79 Å². The van der Waals surface area contributed by atoms with E-state index in [9.17, 15) is 9.59 Å². The van der Waals surface area contributed by atoms with Crippen molar-refractivity contribution in [3.63, 3.8) is 0 Å². The Hall–Kier alpha value is -2.05. The van der Waals surface area contributed by atoms with E-state index in [2.05, 4.69) is 10.3 Å². The largest absolute Gasteiger partial charge is 0.453 e. The van der Waals surface area contributed by atoms with Gasteiger partial charge in [-0.25, -0.2) is 9.78 Å². The second-order valence-electron chi connectivity index (χ2n) is 7.23. The molecule has 1 unspecified atom stereocenters. The monoisotopic (exact) mass is 349 g/mol. The van der Waals surface area contributed by atoms with Crippen LogP contribution in [0.25, 0.3) is 0 Å². The van der Waals surface area contributed by atoms with Crippen molar-refractivity contribution in [2.45, 2.75) is 52.0 Å². The van der Waals surface area contributed by atoms with Crippen LogP contribution in [0.3, 0.4) is 0 Å². The summed E-state index contributed by atoms with van der Waals surface area (Å²) in [5, 5.41) is 3.04. The number of carbonyl (C=O) groups is 2. The number of rotatable bonds is 5. The van der Waals surface area contributed by atoms with Gasteiger partial charge in [0.05, 0.1) is 12.8 Å². The number of hydrogen-bond acceptors (Lipinski definition) is 5. The molecule has 1 aromatic rings. The number of nitrogens with zero attached hydrogens (tertiary/aromatic N) is 2. The van der Waals surface area contributed by atoms with E-state index >= 15 is 0 Å². The quantitative estimate of drug-likeness (QED) is 0.883. The summed E-state index contributed by atoms with van der Waals surface area (Å²) in [5.41, 5.74) is 0.654. The Bertz CT molecular complexity index is 630. The normalized spacial score (nSPS) is 19.6. The molecule has 0 spiro atoms. The number of methoxy groups -OCH3 is 1. The van der Waals surface area contributed by atoms with E-state index in [-0.39, 0.29) is 18.0 Å². The Kier molecular flexibility index (Phi) is 5.30. The molecule has 7 heteroatoms. The van der Waals surface area contributed by atoms with Crippen LogP contribution in [-0.2, 0) is 11.2 Å². The number of amides is 2. The van der Waals surface area contributed by atoms with Gasteiger partial charge in [0.15, 0.2) is 5.89 Å². The van der Waals surface area contributed by atoms with Crippen molar-refractivity contribution in [1.29, 1.82) is 0 Å². The lowest BCUT2D eigenvalue weighted by atomic mass is 9.90. The van der Waals surface area contributed by atoms with Gasteiger partial charge in [-0.2, -0.15) is 0 Å². The third-order valence-corrected chi connectivity index (χ3v) is 5.25. The first kappa shape index (κ1) is 17.8. The number of ether oxygens (including phenoxy) is 1. The maximum atomic E-state index is 12.5. The first-order chi connectivity index (χ1) is 12.0. The molecule has 138 valence electrons. The molecule has 0 radical (unpaired) electrons.